The summed E-state index contributed by atoms with van der Waals surface area (Å²) in [6.45, 7) is 13.0. The Kier molecular flexibility index (Phi) is 5.80. The van der Waals surface area contributed by atoms with E-state index in [0.29, 0.717) is 6.61 Å². The topological polar surface area (TPSA) is 75.6 Å². The van der Waals surface area contributed by atoms with Gasteiger partial charge in [-0.1, -0.05) is 6.08 Å². The van der Waals surface area contributed by atoms with Gasteiger partial charge in [-0.2, -0.15) is 0 Å². The van der Waals surface area contributed by atoms with Crippen LogP contribution in [-0.4, -0.2) is 61.3 Å². The molecule has 2 aliphatic rings. The lowest BCUT2D eigenvalue weighted by Crippen LogP contribution is -2.37. The van der Waals surface area contributed by atoms with Crippen molar-refractivity contribution >= 4 is 12.2 Å². The smallest absolute Gasteiger partial charge is 0.328 e. The second-order valence-electron chi connectivity index (χ2n) is 7.23. The first-order valence-corrected chi connectivity index (χ1v) is 8.07. The number of nitrogens with zero attached hydrogens (tertiary/aromatic N) is 1. The normalized spacial score (nSPS) is 32.0. The SMILES string of the molecule is C=CCO[C@@H]1[C@H]2OC(C)(C)O[C@H]2O[C@@H]1C=NCC(=O)OC(C)(C)C. The summed E-state index contributed by atoms with van der Waals surface area (Å²) in [4.78, 5) is 15.8. The fourth-order valence-corrected chi connectivity index (χ4v) is 2.60. The molecule has 0 aliphatic carbocycles. The van der Waals surface area contributed by atoms with Crippen molar-refractivity contribution in [3.05, 3.63) is 12.7 Å². The van der Waals surface area contributed by atoms with Crippen LogP contribution in [-0.2, 0) is 28.5 Å². The lowest BCUT2D eigenvalue weighted by Gasteiger charge is -2.24. The molecule has 24 heavy (non-hydrogen) atoms. The minimum absolute atomic E-state index is 0.0755. The highest BCUT2D eigenvalue weighted by Gasteiger charge is 2.54. The molecule has 4 atom stereocenters. The highest BCUT2D eigenvalue weighted by atomic mass is 16.8. The molecule has 0 saturated carbocycles. The van der Waals surface area contributed by atoms with Crippen molar-refractivity contribution in [3.63, 3.8) is 0 Å². The van der Waals surface area contributed by atoms with E-state index in [1.807, 2.05) is 34.6 Å². The Hall–Kier alpha value is -1.28. The number of carbonyl (C=O) groups excluding carboxylic acids is 1. The average molecular weight is 341 g/mol. The second kappa shape index (κ2) is 7.31. The Bertz CT molecular complexity index is 496. The van der Waals surface area contributed by atoms with Crippen molar-refractivity contribution in [2.24, 2.45) is 4.99 Å². The largest absolute Gasteiger partial charge is 0.459 e. The quantitative estimate of drug-likeness (QED) is 0.417. The first-order valence-electron chi connectivity index (χ1n) is 8.07. The van der Waals surface area contributed by atoms with E-state index in [-0.39, 0.29) is 18.8 Å². The number of fused-ring (bicyclic) bond motifs is 1. The van der Waals surface area contributed by atoms with Gasteiger partial charge in [0.1, 0.15) is 30.5 Å². The summed E-state index contributed by atoms with van der Waals surface area (Å²) in [6.07, 6.45) is 1.50. The van der Waals surface area contributed by atoms with Crippen molar-refractivity contribution < 1.29 is 28.5 Å². The van der Waals surface area contributed by atoms with Gasteiger partial charge in [0.05, 0.1) is 6.61 Å². The summed E-state index contributed by atoms with van der Waals surface area (Å²) in [6, 6.07) is 0. The third-order valence-electron chi connectivity index (χ3n) is 3.33. The van der Waals surface area contributed by atoms with Gasteiger partial charge in [0, 0.05) is 6.21 Å². The van der Waals surface area contributed by atoms with Crippen molar-refractivity contribution in [1.29, 1.82) is 0 Å². The molecule has 0 amide bonds. The predicted octanol–water partition coefficient (Wildman–Crippen LogP) is 1.85. The monoisotopic (exact) mass is 341 g/mol. The maximum Gasteiger partial charge on any atom is 0.328 e. The highest BCUT2D eigenvalue weighted by molar-refractivity contribution is 5.75. The van der Waals surface area contributed by atoms with Crippen LogP contribution < -0.4 is 0 Å². The van der Waals surface area contributed by atoms with Crippen LogP contribution in [0.3, 0.4) is 0 Å². The van der Waals surface area contributed by atoms with E-state index in [2.05, 4.69) is 11.6 Å². The van der Waals surface area contributed by atoms with E-state index in [0.717, 1.165) is 0 Å². The van der Waals surface area contributed by atoms with E-state index < -0.39 is 29.8 Å². The Morgan fingerprint density at radius 2 is 2.04 bits per heavy atom. The lowest BCUT2D eigenvalue weighted by atomic mass is 10.1. The third-order valence-corrected chi connectivity index (χ3v) is 3.33. The first kappa shape index (κ1) is 19.1. The van der Waals surface area contributed by atoms with E-state index in [1.165, 1.54) is 0 Å². The average Bonchev–Trinajstić information content (AvgIpc) is 2.86. The Morgan fingerprint density at radius 1 is 1.33 bits per heavy atom. The molecular weight excluding hydrogens is 314 g/mol. The van der Waals surface area contributed by atoms with Gasteiger partial charge in [-0.25, -0.2) is 0 Å². The molecule has 7 nitrogen and oxygen atoms in total. The minimum atomic E-state index is -0.719. The molecule has 0 N–H and O–H groups in total. The van der Waals surface area contributed by atoms with Crippen molar-refractivity contribution in [2.45, 2.75) is 70.6 Å². The first-order chi connectivity index (χ1) is 11.1. The van der Waals surface area contributed by atoms with Crippen LogP contribution in [0.2, 0.25) is 0 Å². The van der Waals surface area contributed by atoms with Gasteiger partial charge < -0.3 is 23.7 Å². The number of esters is 1. The number of hydrogen-bond donors (Lipinski definition) is 0. The summed E-state index contributed by atoms with van der Waals surface area (Å²) >= 11 is 0. The third kappa shape index (κ3) is 5.11. The predicted molar refractivity (Wildman–Crippen MR) is 87.8 cm³/mol. The standard InChI is InChI=1S/C17H27NO6/c1-7-8-20-13-11(9-18-10-12(19)22-16(2,3)4)21-15-14(13)23-17(5,6)24-15/h7,9,11,13-15H,1,8,10H2,2-6H3/t11-,13+,14-,15-/m1/s1. The number of ether oxygens (including phenoxy) is 5. The highest BCUT2D eigenvalue weighted by Crippen LogP contribution is 2.38. The van der Waals surface area contributed by atoms with Crippen LogP contribution in [0.1, 0.15) is 34.6 Å². The van der Waals surface area contributed by atoms with Crippen molar-refractivity contribution in [2.75, 3.05) is 13.2 Å². The number of aliphatic imine (C=N–C) groups is 1. The molecule has 0 spiro atoms. The molecule has 2 rings (SSSR count). The van der Waals surface area contributed by atoms with E-state index in [4.69, 9.17) is 23.7 Å². The zero-order chi connectivity index (χ0) is 18.0. The molecule has 2 heterocycles. The molecule has 0 bridgehead atoms. The van der Waals surface area contributed by atoms with Gasteiger partial charge in [0.15, 0.2) is 12.1 Å². The molecule has 2 saturated heterocycles. The molecule has 0 unspecified atom stereocenters. The maximum absolute atomic E-state index is 11.7. The summed E-state index contributed by atoms with van der Waals surface area (Å²) in [7, 11) is 0. The van der Waals surface area contributed by atoms with Crippen LogP contribution in [0.5, 0.6) is 0 Å². The van der Waals surface area contributed by atoms with E-state index in [1.54, 1.807) is 12.3 Å². The zero-order valence-electron chi connectivity index (χ0n) is 15.0. The van der Waals surface area contributed by atoms with Crippen LogP contribution in [0.4, 0.5) is 0 Å². The van der Waals surface area contributed by atoms with Crippen molar-refractivity contribution in [3.8, 4) is 0 Å². The summed E-state index contributed by atoms with van der Waals surface area (Å²) in [5.41, 5.74) is -0.531. The van der Waals surface area contributed by atoms with Crippen LogP contribution in [0.25, 0.3) is 0 Å². The Balaban J connectivity index is 1.95. The van der Waals surface area contributed by atoms with Crippen LogP contribution in [0.15, 0.2) is 17.6 Å². The van der Waals surface area contributed by atoms with Crippen LogP contribution >= 0.6 is 0 Å². The number of carbonyl (C=O) groups is 1. The van der Waals surface area contributed by atoms with Gasteiger partial charge in [-0.3, -0.25) is 9.79 Å². The van der Waals surface area contributed by atoms with Gasteiger partial charge in [0.25, 0.3) is 0 Å². The van der Waals surface area contributed by atoms with Gasteiger partial charge in [0.2, 0.25) is 0 Å². The Morgan fingerprint density at radius 3 is 2.67 bits per heavy atom. The molecule has 0 aromatic heterocycles. The maximum atomic E-state index is 11.7. The van der Waals surface area contributed by atoms with Gasteiger partial charge in [-0.15, -0.1) is 6.58 Å². The lowest BCUT2D eigenvalue weighted by molar-refractivity contribution is -0.208. The van der Waals surface area contributed by atoms with Crippen LogP contribution in [0, 0.1) is 0 Å². The molecule has 7 heteroatoms. The fraction of sp³-hybridized carbons (Fsp3) is 0.765. The minimum Gasteiger partial charge on any atom is -0.459 e. The number of rotatable bonds is 6. The molecular formula is C17H27NO6. The molecule has 2 fully saturated rings. The second-order valence-corrected chi connectivity index (χ2v) is 7.23. The molecule has 136 valence electrons. The summed E-state index contributed by atoms with van der Waals surface area (Å²) in [5.74, 6) is -1.11. The fourth-order valence-electron chi connectivity index (χ4n) is 2.60. The molecule has 0 radical (unpaired) electrons. The van der Waals surface area contributed by atoms with E-state index in [9.17, 15) is 4.79 Å². The number of hydrogen-bond acceptors (Lipinski definition) is 7. The summed E-state index contributed by atoms with van der Waals surface area (Å²) < 4.78 is 28.3. The Labute approximate surface area is 143 Å². The molecule has 0 aromatic rings. The molecule has 0 aromatic carbocycles. The van der Waals surface area contributed by atoms with Crippen molar-refractivity contribution in [1.82, 2.24) is 0 Å². The van der Waals surface area contributed by atoms with Gasteiger partial charge in [-0.05, 0) is 34.6 Å². The summed E-state index contributed by atoms with van der Waals surface area (Å²) in [5, 5.41) is 0. The zero-order valence-corrected chi connectivity index (χ0v) is 15.0. The van der Waals surface area contributed by atoms with E-state index >= 15 is 0 Å². The molecule has 2 aliphatic heterocycles. The van der Waals surface area contributed by atoms with Gasteiger partial charge >= 0.3 is 5.97 Å².